The minimum Gasteiger partial charge on any atom is -0.397 e. The van der Waals surface area contributed by atoms with Gasteiger partial charge in [-0.05, 0) is 41.5 Å². The number of nitro groups is 1. The zero-order valence-corrected chi connectivity index (χ0v) is 15.5. The van der Waals surface area contributed by atoms with E-state index in [4.69, 9.17) is 5.73 Å². The molecule has 7 nitrogen and oxygen atoms in total. The lowest BCUT2D eigenvalue weighted by Gasteiger charge is -2.07. The van der Waals surface area contributed by atoms with Crippen LogP contribution in [0.2, 0.25) is 0 Å². The Bertz CT molecular complexity index is 1030. The molecule has 0 aliphatic rings. The lowest BCUT2D eigenvalue weighted by Crippen LogP contribution is -2.09. The van der Waals surface area contributed by atoms with Crippen molar-refractivity contribution in [1.82, 2.24) is 0 Å². The summed E-state index contributed by atoms with van der Waals surface area (Å²) in [5.74, 6) is -0.261. The predicted molar refractivity (Wildman–Crippen MR) is 115 cm³/mol. The summed E-state index contributed by atoms with van der Waals surface area (Å²) in [6.45, 7) is 0.550. The number of carbonyl (C=O) groups is 1. The maximum Gasteiger partial charge on any atom is 0.269 e. The lowest BCUT2D eigenvalue weighted by atomic mass is 10.1. The van der Waals surface area contributed by atoms with Crippen LogP contribution < -0.4 is 16.4 Å². The number of carbonyl (C=O) groups excluding carboxylic acids is 1. The first-order valence-electron chi connectivity index (χ1n) is 8.92. The molecule has 4 N–H and O–H groups in total. The first kappa shape index (κ1) is 19.6. The Hall–Kier alpha value is -4.13. The average Bonchev–Trinajstić information content (AvgIpc) is 2.73. The second-order valence-corrected chi connectivity index (χ2v) is 6.31. The maximum atomic E-state index is 12.0. The van der Waals surface area contributed by atoms with Crippen molar-refractivity contribution in [2.45, 2.75) is 6.54 Å². The molecule has 0 aromatic heterocycles. The minimum atomic E-state index is -0.418. The first-order chi connectivity index (χ1) is 14.0. The van der Waals surface area contributed by atoms with Gasteiger partial charge in [0.05, 0.1) is 16.3 Å². The van der Waals surface area contributed by atoms with Gasteiger partial charge in [0.25, 0.3) is 5.69 Å². The highest BCUT2D eigenvalue weighted by Crippen LogP contribution is 2.17. The number of nitrogens with zero attached hydrogens (tertiary/aromatic N) is 1. The Kier molecular flexibility index (Phi) is 6.22. The molecule has 0 saturated carbocycles. The number of nitrogens with two attached hydrogens (primary N) is 1. The molecule has 7 heteroatoms. The van der Waals surface area contributed by atoms with Crippen LogP contribution in [-0.4, -0.2) is 10.8 Å². The molecular weight excluding hydrogens is 368 g/mol. The van der Waals surface area contributed by atoms with Crippen molar-refractivity contribution < 1.29 is 9.72 Å². The molecular formula is C22H20N4O3. The fraction of sp³-hybridized carbons (Fsp3) is 0.0455. The van der Waals surface area contributed by atoms with Crippen molar-refractivity contribution in [3.8, 4) is 0 Å². The minimum absolute atomic E-state index is 0.0730. The maximum absolute atomic E-state index is 12.0. The van der Waals surface area contributed by atoms with Crippen LogP contribution in [0.1, 0.15) is 11.1 Å². The SMILES string of the molecule is Nc1ccccc1NC(=O)/C=C/c1ccc(NCc2ccc([N+](=O)[O-])cc2)cc1. The van der Waals surface area contributed by atoms with E-state index in [9.17, 15) is 14.9 Å². The molecule has 146 valence electrons. The van der Waals surface area contributed by atoms with Crippen molar-refractivity contribution in [3.63, 3.8) is 0 Å². The van der Waals surface area contributed by atoms with Crippen molar-refractivity contribution >= 4 is 34.7 Å². The summed E-state index contributed by atoms with van der Waals surface area (Å²) in [6, 6.07) is 21.1. The fourth-order valence-electron chi connectivity index (χ4n) is 2.61. The smallest absolute Gasteiger partial charge is 0.269 e. The van der Waals surface area contributed by atoms with Gasteiger partial charge in [0.1, 0.15) is 0 Å². The van der Waals surface area contributed by atoms with Gasteiger partial charge in [-0.2, -0.15) is 0 Å². The summed E-state index contributed by atoms with van der Waals surface area (Å²) in [5, 5.41) is 16.7. The van der Waals surface area contributed by atoms with E-state index in [-0.39, 0.29) is 11.6 Å². The molecule has 0 saturated heterocycles. The number of rotatable bonds is 7. The number of para-hydroxylation sites is 2. The van der Waals surface area contributed by atoms with Crippen molar-refractivity contribution in [1.29, 1.82) is 0 Å². The van der Waals surface area contributed by atoms with E-state index in [2.05, 4.69) is 10.6 Å². The van der Waals surface area contributed by atoms with Crippen LogP contribution in [0.4, 0.5) is 22.7 Å². The van der Waals surface area contributed by atoms with E-state index >= 15 is 0 Å². The molecule has 3 aromatic carbocycles. The highest BCUT2D eigenvalue weighted by molar-refractivity contribution is 6.03. The Morgan fingerprint density at radius 3 is 2.34 bits per heavy atom. The van der Waals surface area contributed by atoms with Crippen LogP contribution in [0.25, 0.3) is 6.08 Å². The van der Waals surface area contributed by atoms with E-state index < -0.39 is 4.92 Å². The van der Waals surface area contributed by atoms with Crippen molar-refractivity contribution in [2.24, 2.45) is 0 Å². The van der Waals surface area contributed by atoms with Crippen LogP contribution >= 0.6 is 0 Å². The zero-order chi connectivity index (χ0) is 20.6. The summed E-state index contributed by atoms with van der Waals surface area (Å²) in [4.78, 5) is 22.3. The van der Waals surface area contributed by atoms with E-state index in [1.807, 2.05) is 24.3 Å². The van der Waals surface area contributed by atoms with Gasteiger partial charge in [-0.15, -0.1) is 0 Å². The van der Waals surface area contributed by atoms with Crippen molar-refractivity contribution in [2.75, 3.05) is 16.4 Å². The highest BCUT2D eigenvalue weighted by atomic mass is 16.6. The second-order valence-electron chi connectivity index (χ2n) is 6.31. The van der Waals surface area contributed by atoms with Gasteiger partial charge in [-0.25, -0.2) is 0 Å². The number of non-ortho nitro benzene ring substituents is 1. The third kappa shape index (κ3) is 5.67. The average molecular weight is 388 g/mol. The first-order valence-corrected chi connectivity index (χ1v) is 8.92. The number of benzene rings is 3. The molecule has 3 rings (SSSR count). The Labute approximate surface area is 168 Å². The number of nitrogens with one attached hydrogen (secondary N) is 2. The molecule has 0 heterocycles. The fourth-order valence-corrected chi connectivity index (χ4v) is 2.61. The van der Waals surface area contributed by atoms with E-state index in [1.54, 1.807) is 42.5 Å². The van der Waals surface area contributed by atoms with Gasteiger partial charge in [0.15, 0.2) is 0 Å². The molecule has 29 heavy (non-hydrogen) atoms. The summed E-state index contributed by atoms with van der Waals surface area (Å²) in [6.07, 6.45) is 3.17. The van der Waals surface area contributed by atoms with Crippen molar-refractivity contribution in [3.05, 3.63) is 100 Å². The molecule has 0 unspecified atom stereocenters. The molecule has 0 radical (unpaired) electrons. The van der Waals surface area contributed by atoms with E-state index in [0.29, 0.717) is 17.9 Å². The largest absolute Gasteiger partial charge is 0.397 e. The molecule has 0 fully saturated rings. The van der Waals surface area contributed by atoms with Crippen LogP contribution in [0.15, 0.2) is 78.9 Å². The van der Waals surface area contributed by atoms with Gasteiger partial charge in [0.2, 0.25) is 5.91 Å². The van der Waals surface area contributed by atoms with Gasteiger partial charge >= 0.3 is 0 Å². The normalized spacial score (nSPS) is 10.6. The standard InChI is InChI=1S/C22H20N4O3/c23-20-3-1-2-4-21(20)25-22(27)14-9-16-5-10-18(11-6-16)24-15-17-7-12-19(13-8-17)26(28)29/h1-14,24H,15,23H2,(H,25,27)/b14-9+. The molecule has 1 amide bonds. The van der Waals surface area contributed by atoms with Crippen LogP contribution in [0.3, 0.4) is 0 Å². The molecule has 0 atom stereocenters. The van der Waals surface area contributed by atoms with Gasteiger partial charge in [-0.1, -0.05) is 36.4 Å². The van der Waals surface area contributed by atoms with Gasteiger partial charge in [0, 0.05) is 30.4 Å². The Morgan fingerprint density at radius 1 is 1.00 bits per heavy atom. The monoisotopic (exact) mass is 388 g/mol. The molecule has 3 aromatic rings. The number of nitrogen functional groups attached to an aromatic ring is 1. The second kappa shape index (κ2) is 9.18. The summed E-state index contributed by atoms with van der Waals surface area (Å²) < 4.78 is 0. The predicted octanol–water partition coefficient (Wildman–Crippen LogP) is 4.44. The van der Waals surface area contributed by atoms with Crippen LogP contribution in [0, 0.1) is 10.1 Å². The molecule has 0 aliphatic carbocycles. The number of amides is 1. The quantitative estimate of drug-likeness (QED) is 0.240. The Morgan fingerprint density at radius 2 is 1.69 bits per heavy atom. The number of nitro benzene ring substituents is 1. The van der Waals surface area contributed by atoms with Crippen LogP contribution in [0.5, 0.6) is 0 Å². The summed E-state index contributed by atoms with van der Waals surface area (Å²) in [7, 11) is 0. The zero-order valence-electron chi connectivity index (χ0n) is 15.5. The van der Waals surface area contributed by atoms with E-state index in [1.165, 1.54) is 18.2 Å². The third-order valence-electron chi connectivity index (χ3n) is 4.20. The molecule has 0 spiro atoms. The van der Waals surface area contributed by atoms with Gasteiger partial charge < -0.3 is 16.4 Å². The summed E-state index contributed by atoms with van der Waals surface area (Å²) >= 11 is 0. The third-order valence-corrected chi connectivity index (χ3v) is 4.20. The van der Waals surface area contributed by atoms with Crippen LogP contribution in [-0.2, 0) is 11.3 Å². The Balaban J connectivity index is 1.53. The highest BCUT2D eigenvalue weighted by Gasteiger charge is 2.04. The number of anilines is 3. The van der Waals surface area contributed by atoms with Gasteiger partial charge in [-0.3, -0.25) is 14.9 Å². The number of hydrogen-bond acceptors (Lipinski definition) is 5. The molecule has 0 aliphatic heterocycles. The molecule has 0 bridgehead atoms. The lowest BCUT2D eigenvalue weighted by molar-refractivity contribution is -0.384. The van der Waals surface area contributed by atoms with E-state index in [0.717, 1.165) is 16.8 Å². The topological polar surface area (TPSA) is 110 Å². The summed E-state index contributed by atoms with van der Waals surface area (Å²) in [5.41, 5.74) is 9.69. The number of hydrogen-bond donors (Lipinski definition) is 3.